The van der Waals surface area contributed by atoms with Crippen LogP contribution in [0, 0.1) is 0 Å². The maximum atomic E-state index is 12.5. The molecule has 520 valence electrons. The van der Waals surface area contributed by atoms with E-state index in [1.807, 2.05) is 0 Å². The molecule has 0 aliphatic heterocycles. The zero-order chi connectivity index (χ0) is 62.8. The topological polar surface area (TPSA) is 95.9 Å². The van der Waals surface area contributed by atoms with Crippen LogP contribution in [0.25, 0.3) is 0 Å². The van der Waals surface area contributed by atoms with E-state index in [4.69, 9.17) is 4.74 Å². The number of carbonyl (C=O) groups excluding carboxylic acids is 2. The molecule has 6 heteroatoms. The fourth-order valence-electron chi connectivity index (χ4n) is 13.5. The van der Waals surface area contributed by atoms with Crippen LogP contribution in [0.1, 0.15) is 483 Å². The highest BCUT2D eigenvalue weighted by Crippen LogP contribution is 2.21. The Labute approximate surface area is 547 Å². The molecule has 6 nitrogen and oxygen atoms in total. The van der Waals surface area contributed by atoms with E-state index in [9.17, 15) is 19.8 Å². The molecule has 0 radical (unpaired) electrons. The molecule has 0 bridgehead atoms. The first-order chi connectivity index (χ1) is 43.0. The van der Waals surface area contributed by atoms with Crippen LogP contribution >= 0.6 is 0 Å². The van der Waals surface area contributed by atoms with Crippen LogP contribution < -0.4 is 5.32 Å². The van der Waals surface area contributed by atoms with Crippen LogP contribution in [0.15, 0.2) is 0 Å². The van der Waals surface area contributed by atoms with Crippen LogP contribution in [-0.2, 0) is 14.3 Å². The van der Waals surface area contributed by atoms with Crippen molar-refractivity contribution < 1.29 is 24.5 Å². The normalized spacial score (nSPS) is 12.4. The number of aliphatic hydroxyl groups excluding tert-OH is 2. The predicted octanol–water partition coefficient (Wildman–Crippen LogP) is 26.9. The molecule has 2 atom stereocenters. The lowest BCUT2D eigenvalue weighted by Gasteiger charge is -2.22. The zero-order valence-corrected chi connectivity index (χ0v) is 59.8. The highest BCUT2D eigenvalue weighted by atomic mass is 16.5. The summed E-state index contributed by atoms with van der Waals surface area (Å²) < 4.78 is 5.51. The molecule has 0 fully saturated rings. The van der Waals surface area contributed by atoms with Crippen LogP contribution in [0.3, 0.4) is 0 Å². The first kappa shape index (κ1) is 85.9. The van der Waals surface area contributed by atoms with Crippen molar-refractivity contribution in [1.82, 2.24) is 5.32 Å². The summed E-state index contributed by atoms with van der Waals surface area (Å²) in [6.45, 7) is 5.02. The van der Waals surface area contributed by atoms with Crippen molar-refractivity contribution in [1.29, 1.82) is 0 Å². The molecule has 0 heterocycles. The van der Waals surface area contributed by atoms with Gasteiger partial charge in [-0.1, -0.05) is 444 Å². The van der Waals surface area contributed by atoms with E-state index in [1.165, 1.54) is 411 Å². The standard InChI is InChI=1S/C81H161NO5/c1-3-5-7-9-11-13-15-17-19-46-49-53-57-61-65-69-73-79(84)78(77-83)82-80(85)74-70-66-62-58-54-50-47-43-41-39-37-35-33-31-29-27-25-23-21-20-22-24-26-28-30-32-34-36-38-40-42-44-48-52-56-60-64-68-72-76-87-81(86)75-71-67-63-59-55-51-45-18-16-14-12-10-8-6-4-2/h78-79,83-84H,3-77H2,1-2H3,(H,82,85). The fourth-order valence-corrected chi connectivity index (χ4v) is 13.5. The molecule has 0 aliphatic carbocycles. The number of ether oxygens (including phenoxy) is 1. The average Bonchev–Trinajstić information content (AvgIpc) is 3.58. The Morgan fingerprint density at radius 3 is 0.701 bits per heavy atom. The number of aliphatic hydroxyl groups is 2. The molecular formula is C81H161NO5. The number of rotatable bonds is 78. The van der Waals surface area contributed by atoms with Crippen LogP contribution in [0.5, 0.6) is 0 Å². The average molecular weight is 1230 g/mol. The second kappa shape index (κ2) is 77.3. The maximum absolute atomic E-state index is 12.5. The number of esters is 1. The van der Waals surface area contributed by atoms with Gasteiger partial charge in [-0.15, -0.1) is 0 Å². The molecule has 0 aromatic heterocycles. The molecular weight excluding hydrogens is 1070 g/mol. The molecule has 0 rings (SSSR count). The van der Waals surface area contributed by atoms with E-state index in [2.05, 4.69) is 19.2 Å². The van der Waals surface area contributed by atoms with Gasteiger partial charge in [0.15, 0.2) is 0 Å². The molecule has 3 N–H and O–H groups in total. The quantitative estimate of drug-likeness (QED) is 0.0417. The van der Waals surface area contributed by atoms with Crippen molar-refractivity contribution in [2.75, 3.05) is 13.2 Å². The first-order valence-corrected chi connectivity index (χ1v) is 40.8. The van der Waals surface area contributed by atoms with Crippen LogP contribution in [0.4, 0.5) is 0 Å². The van der Waals surface area contributed by atoms with E-state index < -0.39 is 12.1 Å². The van der Waals surface area contributed by atoms with Gasteiger partial charge in [0.1, 0.15) is 0 Å². The number of hydrogen-bond donors (Lipinski definition) is 3. The molecule has 0 saturated heterocycles. The largest absolute Gasteiger partial charge is 0.466 e. The Morgan fingerprint density at radius 1 is 0.276 bits per heavy atom. The summed E-state index contributed by atoms with van der Waals surface area (Å²) >= 11 is 0. The lowest BCUT2D eigenvalue weighted by Crippen LogP contribution is -2.45. The van der Waals surface area contributed by atoms with Gasteiger partial charge >= 0.3 is 5.97 Å². The third-order valence-electron chi connectivity index (χ3n) is 19.7. The molecule has 0 saturated carbocycles. The van der Waals surface area contributed by atoms with E-state index in [0.717, 1.165) is 38.5 Å². The van der Waals surface area contributed by atoms with Crippen molar-refractivity contribution in [2.45, 2.75) is 495 Å². The summed E-state index contributed by atoms with van der Waals surface area (Å²) in [5, 5.41) is 23.4. The molecule has 0 aromatic rings. The van der Waals surface area contributed by atoms with Crippen LogP contribution in [0.2, 0.25) is 0 Å². The Balaban J connectivity index is 3.27. The van der Waals surface area contributed by atoms with Gasteiger partial charge in [0.2, 0.25) is 5.91 Å². The monoisotopic (exact) mass is 1230 g/mol. The number of nitrogens with one attached hydrogen (secondary N) is 1. The van der Waals surface area contributed by atoms with Crippen LogP contribution in [-0.4, -0.2) is 47.4 Å². The third-order valence-corrected chi connectivity index (χ3v) is 19.7. The highest BCUT2D eigenvalue weighted by Gasteiger charge is 2.20. The van der Waals surface area contributed by atoms with Crippen molar-refractivity contribution in [3.63, 3.8) is 0 Å². The van der Waals surface area contributed by atoms with Gasteiger partial charge in [0.05, 0.1) is 25.4 Å². The second-order valence-electron chi connectivity index (χ2n) is 28.5. The molecule has 87 heavy (non-hydrogen) atoms. The number of carbonyl (C=O) groups is 2. The SMILES string of the molecule is CCCCCCCCCCCCCCCCCCC(O)C(CO)NC(=O)CCCCCCCCCCCCCCCCCCCCCCCCCCCCCCCCCCCCCCCCCOC(=O)CCCCCCCCCCCCCCCCC. The Hall–Kier alpha value is -1.14. The summed E-state index contributed by atoms with van der Waals surface area (Å²) in [6.07, 6.45) is 96.5. The second-order valence-corrected chi connectivity index (χ2v) is 28.5. The minimum absolute atomic E-state index is 0.0241. The van der Waals surface area contributed by atoms with Crippen molar-refractivity contribution >= 4 is 11.9 Å². The molecule has 1 amide bonds. The third kappa shape index (κ3) is 73.8. The fraction of sp³-hybridized carbons (Fsp3) is 0.975. The summed E-state index contributed by atoms with van der Waals surface area (Å²) in [5.41, 5.74) is 0. The molecule has 0 spiro atoms. The van der Waals surface area contributed by atoms with Gasteiger partial charge < -0.3 is 20.3 Å². The summed E-state index contributed by atoms with van der Waals surface area (Å²) in [4.78, 5) is 24.6. The van der Waals surface area contributed by atoms with E-state index >= 15 is 0 Å². The van der Waals surface area contributed by atoms with Gasteiger partial charge in [-0.2, -0.15) is 0 Å². The first-order valence-electron chi connectivity index (χ1n) is 40.8. The van der Waals surface area contributed by atoms with Gasteiger partial charge in [0, 0.05) is 12.8 Å². The van der Waals surface area contributed by atoms with E-state index in [1.54, 1.807) is 0 Å². The lowest BCUT2D eigenvalue weighted by atomic mass is 10.0. The summed E-state index contributed by atoms with van der Waals surface area (Å²) in [5.74, 6) is 0.00426. The highest BCUT2D eigenvalue weighted by molar-refractivity contribution is 5.76. The number of unbranched alkanes of at least 4 members (excludes halogenated alkanes) is 67. The smallest absolute Gasteiger partial charge is 0.305 e. The predicted molar refractivity (Wildman–Crippen MR) is 384 cm³/mol. The van der Waals surface area contributed by atoms with Crippen molar-refractivity contribution in [3.05, 3.63) is 0 Å². The number of amides is 1. The Bertz CT molecular complexity index is 1280. The minimum Gasteiger partial charge on any atom is -0.466 e. The maximum Gasteiger partial charge on any atom is 0.305 e. The Morgan fingerprint density at radius 2 is 0.471 bits per heavy atom. The van der Waals surface area contributed by atoms with E-state index in [0.29, 0.717) is 25.9 Å². The lowest BCUT2D eigenvalue weighted by molar-refractivity contribution is -0.143. The van der Waals surface area contributed by atoms with Gasteiger partial charge in [-0.3, -0.25) is 9.59 Å². The molecule has 0 aromatic carbocycles. The molecule has 2 unspecified atom stereocenters. The Kier molecular flexibility index (Phi) is 76.3. The summed E-state index contributed by atoms with van der Waals surface area (Å²) in [7, 11) is 0. The zero-order valence-electron chi connectivity index (χ0n) is 59.8. The van der Waals surface area contributed by atoms with Crippen molar-refractivity contribution in [3.8, 4) is 0 Å². The van der Waals surface area contributed by atoms with Gasteiger partial charge in [-0.05, 0) is 25.7 Å². The molecule has 0 aliphatic rings. The van der Waals surface area contributed by atoms with Gasteiger partial charge in [-0.25, -0.2) is 0 Å². The summed E-state index contributed by atoms with van der Waals surface area (Å²) in [6, 6.07) is -0.536. The van der Waals surface area contributed by atoms with Crippen molar-refractivity contribution in [2.24, 2.45) is 0 Å². The minimum atomic E-state index is -0.659. The van der Waals surface area contributed by atoms with E-state index in [-0.39, 0.29) is 18.5 Å². The number of hydrogen-bond acceptors (Lipinski definition) is 5. The van der Waals surface area contributed by atoms with Gasteiger partial charge in [0.25, 0.3) is 0 Å².